The Morgan fingerprint density at radius 2 is 0.887 bits per heavy atom. The lowest BCUT2D eigenvalue weighted by atomic mass is 9.76. The lowest BCUT2D eigenvalue weighted by Gasteiger charge is -2.34. The molecule has 714 valence electrons. The lowest BCUT2D eigenvalue weighted by molar-refractivity contribution is -0.160. The molecule has 0 N–H and O–H groups in total. The van der Waals surface area contributed by atoms with Crippen LogP contribution in [-0.2, 0) is 133 Å². The molecule has 13 fully saturated rings. The summed E-state index contributed by atoms with van der Waals surface area (Å²) in [5.41, 5.74) is -2.96. The minimum absolute atomic E-state index is 0.00984. The van der Waals surface area contributed by atoms with E-state index in [0.717, 1.165) is 44.9 Å². The molecule has 11 unspecified atom stereocenters. The van der Waals surface area contributed by atoms with Gasteiger partial charge in [-0.3, -0.25) is 71.9 Å². The number of carbonyl (C=O) groups is 15. The van der Waals surface area contributed by atoms with E-state index in [-0.39, 0.29) is 186 Å². The standard InChI is InChI=1S/C9H14O3.C8H12O3.4C8H14O2.5C7H12O2.2C6H10O2/c1-6(10)9(4)5-8(2,3)7(11)12-9;1-5-7(10)11-4-8(5,3)6(2)9;1-7(2)5-8(3,4)10-6(7)9;1-7(2)5-6(9)10-8(7,3)4;1-6-4-7(9)10-5-8(6,2)3;1-6-7(9)10-5-4-8(6,2)3;1-5-7(2,3)4-6(8)9-5;1-5-4-7(2,3)6(8)9-5;1-5-4-6(8)9-7(5,2)3;1-7(2)3-4-9-6(8)5-7;1-7(2)4-3-5-9-6(7)8;1-4-3-6(7)8-5(4)2;1-5-2-3-8-6(7)4-5/h5H2,1-4H3;5H,4H2,1-3H3;2*5H2,1-4H3;2*6H,4-5H2,1-3H3;3*5H,4H2,1-3H3;2*3-5H2,1-2H3;4-5H,3H2,1-2H3;5H,2-4H2,1H3. The molecule has 13 aliphatic rings. The third-order valence-corrected chi connectivity index (χ3v) is 26.4. The molecule has 13 aliphatic heterocycles. The molecule has 13 rings (SSSR count). The Kier molecular flexibility index (Phi) is 41.9. The Labute approximate surface area is 741 Å². The van der Waals surface area contributed by atoms with Gasteiger partial charge in [0.25, 0.3) is 0 Å². The molecule has 0 radical (unpaired) electrons. The van der Waals surface area contributed by atoms with Crippen molar-refractivity contribution in [3.8, 4) is 0 Å². The first-order chi connectivity index (χ1) is 55.8. The van der Waals surface area contributed by atoms with Crippen LogP contribution in [0.5, 0.6) is 0 Å². The van der Waals surface area contributed by atoms with Crippen LogP contribution < -0.4 is 0 Å². The molecule has 13 heterocycles. The number of ketones is 2. The van der Waals surface area contributed by atoms with E-state index in [4.69, 9.17) is 61.6 Å². The summed E-state index contributed by atoms with van der Waals surface area (Å²) >= 11 is 0. The van der Waals surface area contributed by atoms with Crippen LogP contribution in [0.2, 0.25) is 0 Å². The highest BCUT2D eigenvalue weighted by molar-refractivity contribution is 5.92. The molecule has 0 amide bonds. The fraction of sp³-hybridized carbons (Fsp3) is 0.844. The molecule has 11 atom stereocenters. The summed E-state index contributed by atoms with van der Waals surface area (Å²) in [6.45, 7) is 75.0. The van der Waals surface area contributed by atoms with Crippen LogP contribution in [0.25, 0.3) is 0 Å². The molecule has 0 aromatic rings. The first-order valence-electron chi connectivity index (χ1n) is 44.3. The van der Waals surface area contributed by atoms with E-state index >= 15 is 0 Å². The smallest absolute Gasteiger partial charge is 0.312 e. The fourth-order valence-electron chi connectivity index (χ4n) is 13.9. The monoisotopic (exact) mass is 1760 g/mol. The molecule has 28 heteroatoms. The number of carbonyl (C=O) groups excluding carboxylic acids is 15. The van der Waals surface area contributed by atoms with Gasteiger partial charge in [0, 0.05) is 53.8 Å². The van der Waals surface area contributed by atoms with Crippen molar-refractivity contribution in [1.29, 1.82) is 0 Å². The van der Waals surface area contributed by atoms with Gasteiger partial charge in [-0.15, -0.1) is 0 Å². The van der Waals surface area contributed by atoms with E-state index in [1.54, 1.807) is 34.6 Å². The zero-order valence-corrected chi connectivity index (χ0v) is 83.0. The number of cyclic esters (lactones) is 13. The Morgan fingerprint density at radius 3 is 1.10 bits per heavy atom. The second-order valence-corrected chi connectivity index (χ2v) is 44.1. The molecule has 0 saturated carbocycles. The van der Waals surface area contributed by atoms with Crippen LogP contribution in [0.4, 0.5) is 0 Å². The Morgan fingerprint density at radius 1 is 0.363 bits per heavy atom. The van der Waals surface area contributed by atoms with Gasteiger partial charge in [0.1, 0.15) is 47.5 Å². The average Bonchev–Trinajstić information content (AvgIpc) is 1.65. The van der Waals surface area contributed by atoms with Crippen LogP contribution in [0.15, 0.2) is 0 Å². The van der Waals surface area contributed by atoms with Crippen molar-refractivity contribution in [3.05, 3.63) is 0 Å². The number of rotatable bonds is 2. The number of Topliss-reactive ketones (excluding diaryl/α,β-unsaturated/α-hetero) is 2. The molecule has 0 aromatic carbocycles. The average molecular weight is 1760 g/mol. The first-order valence-corrected chi connectivity index (χ1v) is 44.3. The van der Waals surface area contributed by atoms with Crippen molar-refractivity contribution in [2.24, 2.45) is 89.7 Å². The molecule has 28 nitrogen and oxygen atoms in total. The van der Waals surface area contributed by atoms with Gasteiger partial charge in [-0.2, -0.15) is 0 Å². The number of esters is 13. The van der Waals surface area contributed by atoms with E-state index in [1.165, 1.54) is 13.8 Å². The second-order valence-electron chi connectivity index (χ2n) is 44.1. The van der Waals surface area contributed by atoms with Crippen LogP contribution in [-0.4, -0.2) is 170 Å². The van der Waals surface area contributed by atoms with E-state index in [9.17, 15) is 71.9 Å². The Balaban J connectivity index is 0.000000672. The Bertz CT molecular complexity index is 3600. The first kappa shape index (κ1) is 114. The largest absolute Gasteiger partial charge is 0.466 e. The van der Waals surface area contributed by atoms with E-state index < -0.39 is 16.4 Å². The number of hydrogen-bond donors (Lipinski definition) is 0. The molecular formula is C96H162O28. The molecule has 0 spiro atoms. The third kappa shape index (κ3) is 37.0. The van der Waals surface area contributed by atoms with Crippen LogP contribution in [0.1, 0.15) is 352 Å². The van der Waals surface area contributed by atoms with Gasteiger partial charge in [0.05, 0.1) is 104 Å². The topological polar surface area (TPSA) is 376 Å². The maximum absolute atomic E-state index is 11.2. The molecule has 0 aliphatic carbocycles. The molecule has 13 saturated heterocycles. The number of hydrogen-bond acceptors (Lipinski definition) is 28. The summed E-state index contributed by atoms with van der Waals surface area (Å²) in [6.07, 6.45) is 11.5. The minimum atomic E-state index is -0.888. The Hall–Kier alpha value is -7.55. The zero-order valence-electron chi connectivity index (χ0n) is 83.0. The van der Waals surface area contributed by atoms with Gasteiger partial charge in [-0.1, -0.05) is 111 Å². The van der Waals surface area contributed by atoms with Gasteiger partial charge < -0.3 is 61.6 Å². The minimum Gasteiger partial charge on any atom is -0.466 e. The predicted octanol–water partition coefficient (Wildman–Crippen LogP) is 17.4. The van der Waals surface area contributed by atoms with Crippen LogP contribution in [0, 0.1) is 89.7 Å². The van der Waals surface area contributed by atoms with Crippen molar-refractivity contribution in [2.75, 3.05) is 39.6 Å². The van der Waals surface area contributed by atoms with Crippen molar-refractivity contribution in [2.45, 2.75) is 393 Å². The zero-order chi connectivity index (χ0) is 96.9. The summed E-state index contributed by atoms with van der Waals surface area (Å²) in [4.78, 5) is 163. The molecular weight excluding hydrogens is 1600 g/mol. The third-order valence-electron chi connectivity index (χ3n) is 26.4. The van der Waals surface area contributed by atoms with E-state index in [2.05, 4.69) is 69.2 Å². The van der Waals surface area contributed by atoms with Crippen molar-refractivity contribution >= 4 is 89.2 Å². The quantitative estimate of drug-likeness (QED) is 0.183. The van der Waals surface area contributed by atoms with Gasteiger partial charge >= 0.3 is 77.6 Å². The second kappa shape index (κ2) is 45.4. The summed E-state index contributed by atoms with van der Waals surface area (Å²) < 4.78 is 64.0. The SMILES string of the molecule is CC(=O)C1(C)CC(C)(C)C(=O)O1.CC(=O)C1(C)COC(=O)C1C.CC1(C)CC(=O)OC1(C)C.CC1(C)CC(C)(C)C(=O)O1.CC1(C)CCCOC1=O.CC1(C)CCOC(=O)C1.CC1C(=O)OCCC1(C)C.CC1CC(=O)OC1(C)C.CC1CC(=O)OC1C.CC1CC(=O)OCC1(C)C.CC1CC(C)(C)C(=O)O1.CC1CCOC(=O)C1.CC1OC(=O)CC1(C)C. The van der Waals surface area contributed by atoms with Crippen molar-refractivity contribution in [3.63, 3.8) is 0 Å². The van der Waals surface area contributed by atoms with E-state index in [1.807, 2.05) is 138 Å². The van der Waals surface area contributed by atoms with E-state index in [0.29, 0.717) is 108 Å². The van der Waals surface area contributed by atoms with Crippen LogP contribution >= 0.6 is 0 Å². The van der Waals surface area contributed by atoms with Gasteiger partial charge in [0.2, 0.25) is 0 Å². The highest BCUT2D eigenvalue weighted by atomic mass is 16.6. The van der Waals surface area contributed by atoms with Crippen molar-refractivity contribution in [1.82, 2.24) is 0 Å². The summed E-state index contributed by atoms with van der Waals surface area (Å²) in [5.74, 6) is 0.332. The highest BCUT2D eigenvalue weighted by Gasteiger charge is 2.53. The number of ether oxygens (including phenoxy) is 13. The normalized spacial score (nSPS) is 31.2. The molecule has 0 bridgehead atoms. The maximum atomic E-state index is 11.2. The molecule has 124 heavy (non-hydrogen) atoms. The van der Waals surface area contributed by atoms with Gasteiger partial charge in [-0.25, -0.2) is 0 Å². The maximum Gasteiger partial charge on any atom is 0.312 e. The summed E-state index contributed by atoms with van der Waals surface area (Å²) in [5, 5.41) is 0. The summed E-state index contributed by atoms with van der Waals surface area (Å²) in [7, 11) is 0. The summed E-state index contributed by atoms with van der Waals surface area (Å²) in [6, 6.07) is 0. The lowest BCUT2D eigenvalue weighted by Crippen LogP contribution is -2.36. The fourth-order valence-corrected chi connectivity index (χ4v) is 13.9. The molecule has 0 aromatic heterocycles. The van der Waals surface area contributed by atoms with Gasteiger partial charge in [-0.05, 0) is 207 Å². The van der Waals surface area contributed by atoms with Crippen LogP contribution in [0.3, 0.4) is 0 Å². The predicted molar refractivity (Wildman–Crippen MR) is 465 cm³/mol. The van der Waals surface area contributed by atoms with Gasteiger partial charge in [0.15, 0.2) is 11.4 Å². The van der Waals surface area contributed by atoms with Crippen molar-refractivity contribution < 1.29 is 133 Å². The highest BCUT2D eigenvalue weighted by Crippen LogP contribution is 2.45.